The standard InChI is InChI=1S/C22H29FN8O3S2/c23-18-1-2-20(26-13-18)34-12-11-30-17-25-14-19(30)16-28-7-9-31(10-8-28)36(32,33)21-15-27-22(35-21)29-5-3-24-4-6-29/h1-2,13-15,17,24H,3-12,16H2. The third kappa shape index (κ3) is 5.83. The molecule has 5 heterocycles. The summed E-state index contributed by atoms with van der Waals surface area (Å²) >= 11 is 1.25. The van der Waals surface area contributed by atoms with Crippen LogP contribution < -0.4 is 15.0 Å². The fourth-order valence-electron chi connectivity index (χ4n) is 4.23. The van der Waals surface area contributed by atoms with E-state index in [1.54, 1.807) is 10.6 Å². The van der Waals surface area contributed by atoms with Crippen LogP contribution in [0.4, 0.5) is 9.52 Å². The maximum Gasteiger partial charge on any atom is 0.254 e. The van der Waals surface area contributed by atoms with Crippen molar-refractivity contribution in [2.45, 2.75) is 17.3 Å². The van der Waals surface area contributed by atoms with Crippen LogP contribution in [0.5, 0.6) is 5.88 Å². The van der Waals surface area contributed by atoms with Crippen molar-refractivity contribution in [3.8, 4) is 5.88 Å². The second-order valence-corrected chi connectivity index (χ2v) is 11.8. The van der Waals surface area contributed by atoms with Crippen LogP contribution in [0.1, 0.15) is 5.69 Å². The lowest BCUT2D eigenvalue weighted by molar-refractivity contribution is 0.177. The number of piperazine rings is 2. The Hall–Kier alpha value is -2.65. The number of hydrogen-bond donors (Lipinski definition) is 1. The van der Waals surface area contributed by atoms with Crippen molar-refractivity contribution in [3.05, 3.63) is 48.6 Å². The average Bonchev–Trinajstić information content (AvgIpc) is 3.57. The molecule has 0 radical (unpaired) electrons. The number of pyridine rings is 1. The predicted molar refractivity (Wildman–Crippen MR) is 133 cm³/mol. The summed E-state index contributed by atoms with van der Waals surface area (Å²) in [4.78, 5) is 16.9. The number of nitrogens with zero attached hydrogens (tertiary/aromatic N) is 7. The molecule has 0 aliphatic carbocycles. The predicted octanol–water partition coefficient (Wildman–Crippen LogP) is 0.869. The van der Waals surface area contributed by atoms with Gasteiger partial charge in [-0.2, -0.15) is 4.31 Å². The van der Waals surface area contributed by atoms with Gasteiger partial charge < -0.3 is 19.5 Å². The molecular formula is C22H29FN8O3S2. The molecule has 3 aromatic heterocycles. The van der Waals surface area contributed by atoms with E-state index in [0.29, 0.717) is 56.0 Å². The minimum atomic E-state index is -3.56. The maximum atomic E-state index is 13.2. The molecule has 0 saturated carbocycles. The van der Waals surface area contributed by atoms with Gasteiger partial charge in [-0.25, -0.2) is 27.8 Å². The highest BCUT2D eigenvalue weighted by Gasteiger charge is 2.31. The van der Waals surface area contributed by atoms with Gasteiger partial charge in [0.2, 0.25) is 5.88 Å². The van der Waals surface area contributed by atoms with Gasteiger partial charge in [0, 0.05) is 71.2 Å². The van der Waals surface area contributed by atoms with Crippen molar-refractivity contribution < 1.29 is 17.5 Å². The molecule has 2 aliphatic heterocycles. The Balaban J connectivity index is 1.12. The van der Waals surface area contributed by atoms with E-state index in [1.165, 1.54) is 29.7 Å². The molecule has 3 aromatic rings. The molecule has 0 aromatic carbocycles. The summed E-state index contributed by atoms with van der Waals surface area (Å²) in [6.07, 6.45) is 6.18. The number of sulfonamides is 1. The van der Waals surface area contributed by atoms with Gasteiger partial charge in [0.25, 0.3) is 10.0 Å². The maximum absolute atomic E-state index is 13.2. The zero-order valence-electron chi connectivity index (χ0n) is 19.8. The minimum absolute atomic E-state index is 0.304. The molecule has 36 heavy (non-hydrogen) atoms. The van der Waals surface area contributed by atoms with Crippen LogP contribution in [0, 0.1) is 5.82 Å². The number of aromatic nitrogens is 4. The molecule has 14 heteroatoms. The van der Waals surface area contributed by atoms with E-state index in [1.807, 2.05) is 10.8 Å². The number of anilines is 1. The van der Waals surface area contributed by atoms with Crippen LogP contribution >= 0.6 is 11.3 Å². The van der Waals surface area contributed by atoms with Crippen LogP contribution in [0.2, 0.25) is 0 Å². The summed E-state index contributed by atoms with van der Waals surface area (Å²) < 4.78 is 48.8. The zero-order chi connectivity index (χ0) is 25.0. The van der Waals surface area contributed by atoms with Crippen LogP contribution in [-0.4, -0.2) is 96.1 Å². The Kier molecular flexibility index (Phi) is 7.76. The van der Waals surface area contributed by atoms with Crippen LogP contribution in [0.25, 0.3) is 0 Å². The number of hydrogen-bond acceptors (Lipinski definition) is 10. The molecule has 1 N–H and O–H groups in total. The van der Waals surface area contributed by atoms with Gasteiger partial charge >= 0.3 is 0 Å². The normalized spacial score (nSPS) is 18.0. The largest absolute Gasteiger partial charge is 0.476 e. The van der Waals surface area contributed by atoms with Crippen molar-refractivity contribution in [1.82, 2.24) is 34.0 Å². The first-order valence-corrected chi connectivity index (χ1v) is 14.1. The third-order valence-corrected chi connectivity index (χ3v) is 9.65. The van der Waals surface area contributed by atoms with Crippen molar-refractivity contribution in [2.75, 3.05) is 63.9 Å². The highest BCUT2D eigenvalue weighted by Crippen LogP contribution is 2.29. The van der Waals surface area contributed by atoms with Crippen molar-refractivity contribution in [1.29, 1.82) is 0 Å². The fraction of sp³-hybridized carbons (Fsp3) is 0.500. The van der Waals surface area contributed by atoms with Crippen LogP contribution in [-0.2, 0) is 23.1 Å². The molecule has 0 atom stereocenters. The summed E-state index contributed by atoms with van der Waals surface area (Å²) in [7, 11) is -3.56. The Morgan fingerprint density at radius 2 is 1.83 bits per heavy atom. The number of rotatable bonds is 9. The molecule has 2 fully saturated rings. The number of thiazole rings is 1. The number of imidazole rings is 1. The lowest BCUT2D eigenvalue weighted by atomic mass is 10.3. The van der Waals surface area contributed by atoms with Gasteiger partial charge in [-0.05, 0) is 6.07 Å². The molecule has 11 nitrogen and oxygen atoms in total. The first kappa shape index (κ1) is 25.0. The van der Waals surface area contributed by atoms with Crippen molar-refractivity contribution in [3.63, 3.8) is 0 Å². The lowest BCUT2D eigenvalue weighted by Gasteiger charge is -2.33. The van der Waals surface area contributed by atoms with E-state index < -0.39 is 15.8 Å². The molecule has 0 spiro atoms. The second-order valence-electron chi connectivity index (χ2n) is 8.62. The highest BCUT2D eigenvalue weighted by molar-refractivity contribution is 7.91. The highest BCUT2D eigenvalue weighted by atomic mass is 32.2. The van der Waals surface area contributed by atoms with Crippen molar-refractivity contribution >= 4 is 26.5 Å². The molecule has 5 rings (SSSR count). The Morgan fingerprint density at radius 1 is 1.03 bits per heavy atom. The van der Waals surface area contributed by atoms with E-state index in [9.17, 15) is 12.8 Å². The Bertz CT molecular complexity index is 1240. The van der Waals surface area contributed by atoms with E-state index in [4.69, 9.17) is 4.74 Å². The minimum Gasteiger partial charge on any atom is -0.476 e. The van der Waals surface area contributed by atoms with Gasteiger partial charge in [0.1, 0.15) is 12.4 Å². The van der Waals surface area contributed by atoms with Gasteiger partial charge in [0.05, 0.1) is 31.0 Å². The third-order valence-electron chi connectivity index (χ3n) is 6.25. The zero-order valence-corrected chi connectivity index (χ0v) is 21.4. The SMILES string of the molecule is O=S(=O)(c1cnc(N2CCNCC2)s1)N1CCN(Cc2cncn2CCOc2ccc(F)cn2)CC1. The molecule has 2 aliphatic rings. The van der Waals surface area contributed by atoms with E-state index in [0.717, 1.165) is 43.2 Å². The van der Waals surface area contributed by atoms with Gasteiger partial charge in [-0.3, -0.25) is 4.90 Å². The molecule has 2 saturated heterocycles. The van der Waals surface area contributed by atoms with E-state index in [2.05, 4.69) is 30.1 Å². The molecule has 0 bridgehead atoms. The number of nitrogens with one attached hydrogen (secondary N) is 1. The first-order valence-electron chi connectivity index (χ1n) is 11.9. The number of ether oxygens (including phenoxy) is 1. The second kappa shape index (κ2) is 11.2. The van der Waals surface area contributed by atoms with Gasteiger partial charge in [-0.1, -0.05) is 11.3 Å². The van der Waals surface area contributed by atoms with Gasteiger partial charge in [-0.15, -0.1) is 0 Å². The lowest BCUT2D eigenvalue weighted by Crippen LogP contribution is -2.48. The summed E-state index contributed by atoms with van der Waals surface area (Å²) in [5.41, 5.74) is 1.02. The average molecular weight is 537 g/mol. The fourth-order valence-corrected chi connectivity index (χ4v) is 6.98. The summed E-state index contributed by atoms with van der Waals surface area (Å²) in [5, 5.41) is 4.06. The van der Waals surface area contributed by atoms with Crippen LogP contribution in [0.15, 0.2) is 41.3 Å². The smallest absolute Gasteiger partial charge is 0.254 e. The first-order chi connectivity index (χ1) is 17.5. The quantitative estimate of drug-likeness (QED) is 0.426. The topological polar surface area (TPSA) is 109 Å². The molecule has 0 amide bonds. The molecule has 0 unspecified atom stereocenters. The van der Waals surface area contributed by atoms with Crippen molar-refractivity contribution in [2.24, 2.45) is 0 Å². The summed E-state index contributed by atoms with van der Waals surface area (Å²) in [6, 6.07) is 2.81. The molecule has 194 valence electrons. The van der Waals surface area contributed by atoms with Crippen LogP contribution in [0.3, 0.4) is 0 Å². The summed E-state index contributed by atoms with van der Waals surface area (Å²) in [5.74, 6) is -0.0319. The monoisotopic (exact) mass is 536 g/mol. The van der Waals surface area contributed by atoms with E-state index in [-0.39, 0.29) is 0 Å². The number of halogens is 1. The summed E-state index contributed by atoms with van der Waals surface area (Å²) in [6.45, 7) is 7.14. The van der Waals surface area contributed by atoms with Gasteiger partial charge in [0.15, 0.2) is 9.34 Å². The Labute approximate surface area is 213 Å². The Morgan fingerprint density at radius 3 is 2.58 bits per heavy atom. The molecular weight excluding hydrogens is 507 g/mol. The van der Waals surface area contributed by atoms with E-state index >= 15 is 0 Å².